The fraction of sp³-hybridized carbons (Fsp3) is 0. The number of anilines is 1. The molecule has 2 heterocycles. The Morgan fingerprint density at radius 3 is 2.92 bits per heavy atom. The van der Waals surface area contributed by atoms with Crippen molar-refractivity contribution < 1.29 is 0 Å². The van der Waals surface area contributed by atoms with Crippen molar-refractivity contribution in [2.75, 3.05) is 5.73 Å². The average Bonchev–Trinajstić information content (AvgIpc) is 2.57. The van der Waals surface area contributed by atoms with Gasteiger partial charge in [-0.2, -0.15) is 0 Å². The maximum atomic E-state index is 5.49. The standard InChI is InChI=1S/C7H7N5S/c8-5-1-2-9-7(12-5)13-6-10-3-4-11-6/h1-4H,(H,10,11)(H2,8,9,12). The lowest BCUT2D eigenvalue weighted by Gasteiger charge is -1.96. The molecule has 0 aromatic carbocycles. The molecule has 2 rings (SSSR count). The summed E-state index contributed by atoms with van der Waals surface area (Å²) in [4.78, 5) is 15.0. The van der Waals surface area contributed by atoms with Crippen molar-refractivity contribution in [3.8, 4) is 0 Å². The van der Waals surface area contributed by atoms with Gasteiger partial charge in [0.05, 0.1) is 0 Å². The van der Waals surface area contributed by atoms with Crippen LogP contribution in [0.25, 0.3) is 0 Å². The molecule has 0 fully saturated rings. The highest BCUT2D eigenvalue weighted by Crippen LogP contribution is 2.19. The van der Waals surface area contributed by atoms with Gasteiger partial charge < -0.3 is 10.7 Å². The third-order valence-corrected chi connectivity index (χ3v) is 2.11. The number of hydrogen-bond acceptors (Lipinski definition) is 5. The molecule has 0 aliphatic carbocycles. The monoisotopic (exact) mass is 193 g/mol. The molecule has 0 aliphatic rings. The number of aromatic amines is 1. The van der Waals surface area contributed by atoms with Gasteiger partial charge in [-0.1, -0.05) is 0 Å². The number of rotatable bonds is 2. The average molecular weight is 193 g/mol. The van der Waals surface area contributed by atoms with Gasteiger partial charge in [0, 0.05) is 18.6 Å². The molecule has 0 saturated carbocycles. The van der Waals surface area contributed by atoms with E-state index in [4.69, 9.17) is 5.73 Å². The molecule has 0 bridgehead atoms. The lowest BCUT2D eigenvalue weighted by Crippen LogP contribution is -1.93. The zero-order valence-corrected chi connectivity index (χ0v) is 7.45. The summed E-state index contributed by atoms with van der Waals surface area (Å²) < 4.78 is 0. The maximum absolute atomic E-state index is 5.49. The van der Waals surface area contributed by atoms with Crippen LogP contribution >= 0.6 is 11.8 Å². The molecule has 2 aromatic rings. The van der Waals surface area contributed by atoms with Crippen LogP contribution in [-0.2, 0) is 0 Å². The first-order valence-corrected chi connectivity index (χ1v) is 4.42. The van der Waals surface area contributed by atoms with Gasteiger partial charge in [0.2, 0.25) is 0 Å². The van der Waals surface area contributed by atoms with Crippen LogP contribution in [0, 0.1) is 0 Å². The lowest BCUT2D eigenvalue weighted by atomic mass is 10.6. The predicted octanol–water partition coefficient (Wildman–Crippen LogP) is 0.933. The highest BCUT2D eigenvalue weighted by molar-refractivity contribution is 7.99. The van der Waals surface area contributed by atoms with E-state index in [2.05, 4.69) is 19.9 Å². The SMILES string of the molecule is Nc1ccnc(Sc2ncc[nH]2)n1. The van der Waals surface area contributed by atoms with Crippen molar-refractivity contribution >= 4 is 17.6 Å². The lowest BCUT2D eigenvalue weighted by molar-refractivity contribution is 0.958. The third-order valence-electron chi connectivity index (χ3n) is 1.32. The molecular formula is C7H7N5S. The fourth-order valence-electron chi connectivity index (χ4n) is 0.796. The minimum Gasteiger partial charge on any atom is -0.384 e. The smallest absolute Gasteiger partial charge is 0.197 e. The zero-order valence-electron chi connectivity index (χ0n) is 6.64. The number of hydrogen-bond donors (Lipinski definition) is 2. The molecule has 0 radical (unpaired) electrons. The highest BCUT2D eigenvalue weighted by atomic mass is 32.2. The topological polar surface area (TPSA) is 80.5 Å². The summed E-state index contributed by atoms with van der Waals surface area (Å²) in [6, 6.07) is 1.65. The molecule has 0 atom stereocenters. The minimum absolute atomic E-state index is 0.462. The van der Waals surface area contributed by atoms with Crippen LogP contribution in [0.3, 0.4) is 0 Å². The van der Waals surface area contributed by atoms with Crippen molar-refractivity contribution in [3.05, 3.63) is 24.7 Å². The van der Waals surface area contributed by atoms with Gasteiger partial charge in [0.25, 0.3) is 0 Å². The summed E-state index contributed by atoms with van der Waals surface area (Å²) >= 11 is 1.34. The quantitative estimate of drug-likeness (QED) is 0.693. The fourth-order valence-corrected chi connectivity index (χ4v) is 1.47. The van der Waals surface area contributed by atoms with Crippen LogP contribution in [-0.4, -0.2) is 19.9 Å². The van der Waals surface area contributed by atoms with Gasteiger partial charge in [0.1, 0.15) is 5.82 Å². The Hall–Kier alpha value is -1.56. The summed E-state index contributed by atoms with van der Waals surface area (Å²) in [5.41, 5.74) is 5.49. The van der Waals surface area contributed by atoms with Crippen molar-refractivity contribution in [2.24, 2.45) is 0 Å². The molecule has 3 N–H and O–H groups in total. The Labute approximate surface area is 78.8 Å². The molecule has 0 spiro atoms. The highest BCUT2D eigenvalue weighted by Gasteiger charge is 2.01. The van der Waals surface area contributed by atoms with Crippen LogP contribution in [0.4, 0.5) is 5.82 Å². The number of nitrogens with one attached hydrogen (secondary N) is 1. The molecule has 6 heteroatoms. The molecule has 0 amide bonds. The van der Waals surface area contributed by atoms with Crippen LogP contribution in [0.2, 0.25) is 0 Å². The Balaban J connectivity index is 2.19. The van der Waals surface area contributed by atoms with Crippen molar-refractivity contribution in [2.45, 2.75) is 10.3 Å². The predicted molar refractivity (Wildman–Crippen MR) is 49.2 cm³/mol. The van der Waals surface area contributed by atoms with E-state index in [0.717, 1.165) is 5.16 Å². The van der Waals surface area contributed by atoms with Crippen LogP contribution in [0.5, 0.6) is 0 Å². The normalized spacial score (nSPS) is 10.2. The number of nitrogens with zero attached hydrogens (tertiary/aromatic N) is 3. The summed E-state index contributed by atoms with van der Waals surface area (Å²) in [5.74, 6) is 0.462. The van der Waals surface area contributed by atoms with E-state index in [1.165, 1.54) is 11.8 Å². The molecule has 0 unspecified atom stereocenters. The summed E-state index contributed by atoms with van der Waals surface area (Å²) in [6.45, 7) is 0. The second-order valence-corrected chi connectivity index (χ2v) is 3.22. The first-order valence-electron chi connectivity index (χ1n) is 3.60. The molecule has 0 saturated heterocycles. The Morgan fingerprint density at radius 2 is 2.23 bits per heavy atom. The molecule has 2 aromatic heterocycles. The molecule has 0 aliphatic heterocycles. The second kappa shape index (κ2) is 3.44. The van der Waals surface area contributed by atoms with Gasteiger partial charge in [0.15, 0.2) is 10.3 Å². The number of H-pyrrole nitrogens is 1. The largest absolute Gasteiger partial charge is 0.384 e. The Kier molecular flexibility index (Phi) is 2.13. The molecule has 5 nitrogen and oxygen atoms in total. The first-order chi connectivity index (χ1) is 6.34. The van der Waals surface area contributed by atoms with E-state index in [9.17, 15) is 0 Å². The third kappa shape index (κ3) is 1.97. The summed E-state index contributed by atoms with van der Waals surface area (Å²) in [7, 11) is 0. The minimum atomic E-state index is 0.462. The molecule has 13 heavy (non-hydrogen) atoms. The summed E-state index contributed by atoms with van der Waals surface area (Å²) in [5, 5.41) is 1.35. The Bertz CT molecular complexity index is 386. The molecular weight excluding hydrogens is 186 g/mol. The van der Waals surface area contributed by atoms with Crippen LogP contribution in [0.15, 0.2) is 35.0 Å². The van der Waals surface area contributed by atoms with E-state index in [-0.39, 0.29) is 0 Å². The maximum Gasteiger partial charge on any atom is 0.197 e. The van der Waals surface area contributed by atoms with Crippen LogP contribution in [0.1, 0.15) is 0 Å². The van der Waals surface area contributed by atoms with Gasteiger partial charge in [-0.05, 0) is 17.8 Å². The number of aromatic nitrogens is 4. The van der Waals surface area contributed by atoms with Crippen molar-refractivity contribution in [3.63, 3.8) is 0 Å². The van der Waals surface area contributed by atoms with E-state index in [1.807, 2.05) is 0 Å². The van der Waals surface area contributed by atoms with Gasteiger partial charge >= 0.3 is 0 Å². The zero-order chi connectivity index (χ0) is 9.10. The van der Waals surface area contributed by atoms with E-state index in [1.54, 1.807) is 24.7 Å². The first kappa shape index (κ1) is 8.06. The molecule has 66 valence electrons. The van der Waals surface area contributed by atoms with Gasteiger partial charge in [-0.3, -0.25) is 0 Å². The van der Waals surface area contributed by atoms with E-state index >= 15 is 0 Å². The van der Waals surface area contributed by atoms with Crippen molar-refractivity contribution in [1.29, 1.82) is 0 Å². The van der Waals surface area contributed by atoms with Gasteiger partial charge in [-0.15, -0.1) is 0 Å². The van der Waals surface area contributed by atoms with Gasteiger partial charge in [-0.25, -0.2) is 15.0 Å². The second-order valence-electron chi connectivity index (χ2n) is 2.26. The van der Waals surface area contributed by atoms with Crippen molar-refractivity contribution in [1.82, 2.24) is 19.9 Å². The van der Waals surface area contributed by atoms with E-state index in [0.29, 0.717) is 11.0 Å². The Morgan fingerprint density at radius 1 is 1.31 bits per heavy atom. The number of imidazole rings is 1. The summed E-state index contributed by atoms with van der Waals surface area (Å²) in [6.07, 6.45) is 5.04. The number of nitrogen functional groups attached to an aromatic ring is 1. The number of nitrogens with two attached hydrogens (primary N) is 1. The van der Waals surface area contributed by atoms with E-state index < -0.39 is 0 Å². The van der Waals surface area contributed by atoms with Crippen LogP contribution < -0.4 is 5.73 Å².